The smallest absolute Gasteiger partial charge is 0.0187 e. The summed E-state index contributed by atoms with van der Waals surface area (Å²) in [7, 11) is 0. The monoisotopic (exact) mass is 167 g/mol. The molecule has 0 aromatic carbocycles. The molecular weight excluding hydrogens is 146 g/mol. The Hall–Kier alpha value is -0.0400. The summed E-state index contributed by atoms with van der Waals surface area (Å²) in [6.07, 6.45) is 9.81. The lowest BCUT2D eigenvalue weighted by molar-refractivity contribution is 0.299. The largest absolute Gasteiger partial charge is 0.325 e. The van der Waals surface area contributed by atoms with Gasteiger partial charge < -0.3 is 5.73 Å². The van der Waals surface area contributed by atoms with E-state index < -0.39 is 0 Å². The predicted octanol–water partition coefficient (Wildman–Crippen LogP) is 2.69. The zero-order chi connectivity index (χ0) is 8.60. The van der Waals surface area contributed by atoms with Crippen LogP contribution >= 0.6 is 0 Å². The van der Waals surface area contributed by atoms with E-state index in [1.54, 1.807) is 0 Å². The van der Waals surface area contributed by atoms with Crippen molar-refractivity contribution in [3.05, 3.63) is 0 Å². The Labute approximate surface area is 75.7 Å². The number of hydrogen-bond donors (Lipinski definition) is 1. The van der Waals surface area contributed by atoms with E-state index >= 15 is 0 Å². The lowest BCUT2D eigenvalue weighted by Crippen LogP contribution is -2.27. The van der Waals surface area contributed by atoms with E-state index in [0.717, 1.165) is 11.8 Å². The Bertz CT molecular complexity index is 158. The molecule has 2 fully saturated rings. The molecule has 12 heavy (non-hydrogen) atoms. The maximum absolute atomic E-state index is 6.22. The molecule has 0 radical (unpaired) electrons. The van der Waals surface area contributed by atoms with Crippen LogP contribution in [0.5, 0.6) is 0 Å². The van der Waals surface area contributed by atoms with Gasteiger partial charge in [0.05, 0.1) is 0 Å². The molecule has 2 rings (SSSR count). The lowest BCUT2D eigenvalue weighted by atomic mass is 9.84. The first-order chi connectivity index (χ1) is 5.76. The Balaban J connectivity index is 1.86. The zero-order valence-electron chi connectivity index (χ0n) is 8.18. The zero-order valence-corrected chi connectivity index (χ0v) is 8.18. The second-order valence-corrected chi connectivity index (χ2v) is 4.80. The molecule has 0 aromatic heterocycles. The van der Waals surface area contributed by atoms with Crippen LogP contribution in [0, 0.1) is 11.8 Å². The van der Waals surface area contributed by atoms with Crippen LogP contribution in [0.2, 0.25) is 0 Å². The number of nitrogens with two attached hydrogens (primary N) is 1. The van der Waals surface area contributed by atoms with E-state index in [2.05, 4.69) is 6.92 Å². The summed E-state index contributed by atoms with van der Waals surface area (Å²) >= 11 is 0. The van der Waals surface area contributed by atoms with Crippen molar-refractivity contribution in [3.8, 4) is 0 Å². The molecule has 2 aliphatic carbocycles. The Kier molecular flexibility index (Phi) is 2.16. The third kappa shape index (κ3) is 1.39. The molecule has 2 unspecified atom stereocenters. The fraction of sp³-hybridized carbons (Fsp3) is 1.00. The molecule has 2 N–H and O–H groups in total. The molecule has 2 atom stereocenters. The molecule has 1 nitrogen and oxygen atoms in total. The standard InChI is InChI=1S/C11H21N/c1-2-11(12)8-10(11)9-6-4-3-5-7-9/h9-10H,2-8,12H2,1H3. The molecule has 2 saturated carbocycles. The Morgan fingerprint density at radius 1 is 1.25 bits per heavy atom. The van der Waals surface area contributed by atoms with Gasteiger partial charge >= 0.3 is 0 Å². The Morgan fingerprint density at radius 3 is 2.42 bits per heavy atom. The maximum atomic E-state index is 6.22. The molecule has 0 bridgehead atoms. The van der Waals surface area contributed by atoms with Gasteiger partial charge in [0.25, 0.3) is 0 Å². The summed E-state index contributed by atoms with van der Waals surface area (Å²) in [5, 5.41) is 0. The number of hydrogen-bond acceptors (Lipinski definition) is 1. The van der Waals surface area contributed by atoms with Gasteiger partial charge in [-0.2, -0.15) is 0 Å². The number of rotatable bonds is 2. The third-order valence-corrected chi connectivity index (χ3v) is 4.06. The van der Waals surface area contributed by atoms with Gasteiger partial charge in [-0.1, -0.05) is 39.0 Å². The first-order valence-corrected chi connectivity index (χ1v) is 5.55. The minimum Gasteiger partial charge on any atom is -0.325 e. The lowest BCUT2D eigenvalue weighted by Gasteiger charge is -2.23. The first kappa shape index (κ1) is 8.55. The fourth-order valence-electron chi connectivity index (χ4n) is 2.93. The second kappa shape index (κ2) is 3.02. The van der Waals surface area contributed by atoms with E-state index in [1.807, 2.05) is 0 Å². The highest BCUT2D eigenvalue weighted by Crippen LogP contribution is 2.52. The van der Waals surface area contributed by atoms with Crippen LogP contribution < -0.4 is 5.73 Å². The molecular formula is C11H21N. The van der Waals surface area contributed by atoms with Gasteiger partial charge in [0, 0.05) is 5.54 Å². The minimum absolute atomic E-state index is 0.266. The van der Waals surface area contributed by atoms with Gasteiger partial charge in [0.15, 0.2) is 0 Å². The van der Waals surface area contributed by atoms with E-state index in [-0.39, 0.29) is 5.54 Å². The SMILES string of the molecule is CCC1(N)CC1C1CCCCC1. The average Bonchev–Trinajstić information content (AvgIpc) is 2.81. The van der Waals surface area contributed by atoms with Crippen molar-refractivity contribution < 1.29 is 0 Å². The highest BCUT2D eigenvalue weighted by Gasteiger charge is 2.52. The topological polar surface area (TPSA) is 26.0 Å². The summed E-state index contributed by atoms with van der Waals surface area (Å²) in [5.74, 6) is 1.88. The van der Waals surface area contributed by atoms with Crippen molar-refractivity contribution >= 4 is 0 Å². The van der Waals surface area contributed by atoms with Crippen LogP contribution in [0.1, 0.15) is 51.9 Å². The molecule has 1 heteroatoms. The van der Waals surface area contributed by atoms with Gasteiger partial charge in [-0.15, -0.1) is 0 Å². The van der Waals surface area contributed by atoms with Crippen molar-refractivity contribution in [3.63, 3.8) is 0 Å². The average molecular weight is 167 g/mol. The quantitative estimate of drug-likeness (QED) is 0.672. The van der Waals surface area contributed by atoms with Crippen LogP contribution in [-0.2, 0) is 0 Å². The molecule has 0 spiro atoms. The fourth-order valence-corrected chi connectivity index (χ4v) is 2.93. The van der Waals surface area contributed by atoms with Gasteiger partial charge in [0.2, 0.25) is 0 Å². The Morgan fingerprint density at radius 2 is 1.92 bits per heavy atom. The first-order valence-electron chi connectivity index (χ1n) is 5.55. The summed E-state index contributed by atoms with van der Waals surface area (Å²) in [4.78, 5) is 0. The second-order valence-electron chi connectivity index (χ2n) is 4.80. The van der Waals surface area contributed by atoms with Crippen molar-refractivity contribution in [2.75, 3.05) is 0 Å². The molecule has 0 amide bonds. The van der Waals surface area contributed by atoms with Gasteiger partial charge in [-0.05, 0) is 24.7 Å². The summed E-state index contributed by atoms with van der Waals surface area (Å²) in [6, 6.07) is 0. The highest BCUT2D eigenvalue weighted by molar-refractivity contribution is 5.09. The van der Waals surface area contributed by atoms with Crippen molar-refractivity contribution in [2.45, 2.75) is 57.4 Å². The van der Waals surface area contributed by atoms with Crippen molar-refractivity contribution in [1.29, 1.82) is 0 Å². The van der Waals surface area contributed by atoms with Crippen molar-refractivity contribution in [1.82, 2.24) is 0 Å². The molecule has 0 aromatic rings. The summed E-state index contributed by atoms with van der Waals surface area (Å²) < 4.78 is 0. The molecule has 0 saturated heterocycles. The minimum atomic E-state index is 0.266. The van der Waals surface area contributed by atoms with Crippen LogP contribution in [-0.4, -0.2) is 5.54 Å². The van der Waals surface area contributed by atoms with Crippen LogP contribution in [0.15, 0.2) is 0 Å². The van der Waals surface area contributed by atoms with Gasteiger partial charge in [0.1, 0.15) is 0 Å². The predicted molar refractivity (Wildman–Crippen MR) is 51.9 cm³/mol. The summed E-state index contributed by atoms with van der Waals surface area (Å²) in [6.45, 7) is 2.24. The van der Waals surface area contributed by atoms with Crippen LogP contribution in [0.4, 0.5) is 0 Å². The van der Waals surface area contributed by atoms with Crippen LogP contribution in [0.25, 0.3) is 0 Å². The van der Waals surface area contributed by atoms with Gasteiger partial charge in [-0.25, -0.2) is 0 Å². The molecule has 2 aliphatic rings. The molecule has 70 valence electrons. The third-order valence-electron chi connectivity index (χ3n) is 4.06. The molecule has 0 heterocycles. The van der Waals surface area contributed by atoms with E-state index in [4.69, 9.17) is 5.73 Å². The van der Waals surface area contributed by atoms with Crippen molar-refractivity contribution in [2.24, 2.45) is 17.6 Å². The molecule has 0 aliphatic heterocycles. The maximum Gasteiger partial charge on any atom is 0.0187 e. The van der Waals surface area contributed by atoms with E-state index in [9.17, 15) is 0 Å². The van der Waals surface area contributed by atoms with E-state index in [0.29, 0.717) is 0 Å². The van der Waals surface area contributed by atoms with Gasteiger partial charge in [-0.3, -0.25) is 0 Å². The highest BCUT2D eigenvalue weighted by atomic mass is 14.9. The summed E-state index contributed by atoms with van der Waals surface area (Å²) in [5.41, 5.74) is 6.49. The normalized spacial score (nSPS) is 43.0. The van der Waals surface area contributed by atoms with E-state index in [1.165, 1.54) is 44.9 Å². The van der Waals surface area contributed by atoms with Crippen LogP contribution in [0.3, 0.4) is 0 Å².